The fourth-order valence-corrected chi connectivity index (χ4v) is 2.14. The highest BCUT2D eigenvalue weighted by Gasteiger charge is 2.31. The number of carbonyl (C=O) groups is 1. The Labute approximate surface area is 126 Å². The molecule has 1 atom stereocenters. The highest BCUT2D eigenvalue weighted by molar-refractivity contribution is 6.20. The van der Waals surface area contributed by atoms with Crippen LogP contribution in [0.1, 0.15) is 30.6 Å². The maximum atomic E-state index is 12.0. The van der Waals surface area contributed by atoms with Gasteiger partial charge in [-0.15, -0.1) is 24.8 Å². The number of ether oxygens (including phenoxy) is 1. The van der Waals surface area contributed by atoms with Crippen molar-refractivity contribution >= 4 is 17.5 Å². The Morgan fingerprint density at radius 2 is 1.86 bits per heavy atom. The minimum Gasteiger partial charge on any atom is -0.406 e. The first-order valence-corrected chi connectivity index (χ1v) is 6.89. The first-order chi connectivity index (χ1) is 9.67. The number of benzene rings is 1. The lowest BCUT2D eigenvalue weighted by atomic mass is 10.1. The summed E-state index contributed by atoms with van der Waals surface area (Å²) in [4.78, 5) is 11.8. The van der Waals surface area contributed by atoms with E-state index in [1.165, 1.54) is 12.1 Å². The first-order valence-electron chi connectivity index (χ1n) is 6.45. The van der Waals surface area contributed by atoms with Gasteiger partial charge in [0.1, 0.15) is 5.75 Å². The molecule has 1 aromatic carbocycles. The van der Waals surface area contributed by atoms with Gasteiger partial charge in [0.25, 0.3) is 5.91 Å². The largest absolute Gasteiger partial charge is 0.573 e. The van der Waals surface area contributed by atoms with Gasteiger partial charge in [-0.1, -0.05) is 13.8 Å². The van der Waals surface area contributed by atoms with Crippen molar-refractivity contribution in [2.75, 3.05) is 6.54 Å². The molecule has 0 bridgehead atoms. The molecule has 21 heavy (non-hydrogen) atoms. The molecule has 7 heteroatoms. The van der Waals surface area contributed by atoms with E-state index in [1.54, 1.807) is 0 Å². The van der Waals surface area contributed by atoms with Gasteiger partial charge >= 0.3 is 6.36 Å². The van der Waals surface area contributed by atoms with E-state index in [0.29, 0.717) is 12.5 Å². The smallest absolute Gasteiger partial charge is 0.406 e. The van der Waals surface area contributed by atoms with Gasteiger partial charge in [0.15, 0.2) is 0 Å². The number of nitrogens with one attached hydrogen (secondary N) is 1. The van der Waals surface area contributed by atoms with Crippen LogP contribution in [0.3, 0.4) is 0 Å². The third kappa shape index (κ3) is 7.22. The van der Waals surface area contributed by atoms with Gasteiger partial charge < -0.3 is 10.1 Å². The first kappa shape index (κ1) is 17.6. The molecule has 0 saturated heterocycles. The molecule has 0 aliphatic carbocycles. The average molecular weight is 324 g/mol. The number of carbonyl (C=O) groups excluding carboxylic acids is 1. The van der Waals surface area contributed by atoms with E-state index in [0.717, 1.165) is 18.6 Å². The molecule has 1 rings (SSSR count). The predicted molar refractivity (Wildman–Crippen MR) is 74.6 cm³/mol. The Morgan fingerprint density at radius 1 is 1.29 bits per heavy atom. The lowest BCUT2D eigenvalue weighted by molar-refractivity contribution is -0.274. The maximum Gasteiger partial charge on any atom is 0.573 e. The van der Waals surface area contributed by atoms with Crippen LogP contribution in [-0.2, 0) is 0 Å². The fourth-order valence-electron chi connectivity index (χ4n) is 1.71. The van der Waals surface area contributed by atoms with Crippen molar-refractivity contribution in [1.29, 1.82) is 0 Å². The van der Waals surface area contributed by atoms with Crippen LogP contribution in [-0.4, -0.2) is 24.2 Å². The zero-order chi connectivity index (χ0) is 16.0. The van der Waals surface area contributed by atoms with Crippen molar-refractivity contribution in [3.05, 3.63) is 29.8 Å². The SMILES string of the molecule is CC(C)CC(Cl)CNC(=O)c1ccc(OC(F)(F)F)cc1. The van der Waals surface area contributed by atoms with Gasteiger partial charge in [-0.2, -0.15) is 0 Å². The van der Waals surface area contributed by atoms with E-state index in [4.69, 9.17) is 11.6 Å². The Balaban J connectivity index is 2.52. The van der Waals surface area contributed by atoms with Crippen LogP contribution in [0.2, 0.25) is 0 Å². The standard InChI is InChI=1S/C14H17ClF3NO2/c1-9(2)7-11(15)8-19-13(20)10-3-5-12(6-4-10)21-14(16,17)18/h3-6,9,11H,7-8H2,1-2H3,(H,19,20). The summed E-state index contributed by atoms with van der Waals surface area (Å²) < 4.78 is 39.7. The van der Waals surface area contributed by atoms with E-state index >= 15 is 0 Å². The van der Waals surface area contributed by atoms with Crippen molar-refractivity contribution in [3.63, 3.8) is 0 Å². The molecule has 1 N–H and O–H groups in total. The van der Waals surface area contributed by atoms with Gasteiger partial charge in [-0.3, -0.25) is 4.79 Å². The molecule has 0 radical (unpaired) electrons. The third-order valence-electron chi connectivity index (χ3n) is 2.56. The summed E-state index contributed by atoms with van der Waals surface area (Å²) in [6, 6.07) is 4.72. The second-order valence-electron chi connectivity index (χ2n) is 5.01. The van der Waals surface area contributed by atoms with E-state index < -0.39 is 6.36 Å². The molecule has 1 amide bonds. The monoisotopic (exact) mass is 323 g/mol. The van der Waals surface area contributed by atoms with E-state index in [1.807, 2.05) is 13.8 Å². The topological polar surface area (TPSA) is 38.3 Å². The molecular weight excluding hydrogens is 307 g/mol. The Bertz CT molecular complexity index is 460. The van der Waals surface area contributed by atoms with E-state index in [2.05, 4.69) is 10.1 Å². The molecule has 0 heterocycles. The Hall–Kier alpha value is -1.43. The van der Waals surface area contributed by atoms with Crippen LogP contribution in [0.25, 0.3) is 0 Å². The molecule has 1 unspecified atom stereocenters. The zero-order valence-corrected chi connectivity index (χ0v) is 12.5. The van der Waals surface area contributed by atoms with Crippen molar-refractivity contribution in [3.8, 4) is 5.75 Å². The number of alkyl halides is 4. The molecule has 0 aromatic heterocycles. The number of hydrogen-bond donors (Lipinski definition) is 1. The van der Waals surface area contributed by atoms with Gasteiger partial charge in [0.05, 0.1) is 5.38 Å². The van der Waals surface area contributed by atoms with Crippen LogP contribution < -0.4 is 10.1 Å². The minimum atomic E-state index is -4.74. The zero-order valence-electron chi connectivity index (χ0n) is 11.7. The maximum absolute atomic E-state index is 12.0. The van der Waals surface area contributed by atoms with Crippen LogP contribution in [0.15, 0.2) is 24.3 Å². The predicted octanol–water partition coefficient (Wildman–Crippen LogP) is 3.97. The van der Waals surface area contributed by atoms with E-state index in [-0.39, 0.29) is 22.6 Å². The molecule has 0 aliphatic rings. The van der Waals surface area contributed by atoms with Gasteiger partial charge in [0.2, 0.25) is 0 Å². The molecule has 0 fully saturated rings. The summed E-state index contributed by atoms with van der Waals surface area (Å²) in [6.45, 7) is 4.35. The number of hydrogen-bond acceptors (Lipinski definition) is 2. The Kier molecular flexibility index (Phi) is 6.33. The van der Waals surface area contributed by atoms with Crippen molar-refractivity contribution in [2.24, 2.45) is 5.92 Å². The average Bonchev–Trinajstić information content (AvgIpc) is 2.34. The normalized spacial score (nSPS) is 13.1. The van der Waals surface area contributed by atoms with Crippen LogP contribution in [0, 0.1) is 5.92 Å². The van der Waals surface area contributed by atoms with Crippen molar-refractivity contribution in [2.45, 2.75) is 32.0 Å². The van der Waals surface area contributed by atoms with Crippen molar-refractivity contribution in [1.82, 2.24) is 5.32 Å². The highest BCUT2D eigenvalue weighted by atomic mass is 35.5. The summed E-state index contributed by atoms with van der Waals surface area (Å²) in [5, 5.41) is 2.46. The van der Waals surface area contributed by atoms with Crippen molar-refractivity contribution < 1.29 is 22.7 Å². The number of halogens is 4. The summed E-state index contributed by atoms with van der Waals surface area (Å²) >= 11 is 6.05. The third-order valence-corrected chi connectivity index (χ3v) is 2.89. The lowest BCUT2D eigenvalue weighted by Crippen LogP contribution is -2.30. The highest BCUT2D eigenvalue weighted by Crippen LogP contribution is 2.22. The second-order valence-corrected chi connectivity index (χ2v) is 5.63. The number of rotatable bonds is 6. The van der Waals surface area contributed by atoms with Gasteiger partial charge in [-0.25, -0.2) is 0 Å². The molecule has 1 aromatic rings. The van der Waals surface area contributed by atoms with Gasteiger partial charge in [0, 0.05) is 12.1 Å². The van der Waals surface area contributed by atoms with Crippen LogP contribution in [0.5, 0.6) is 5.75 Å². The molecule has 0 saturated carbocycles. The van der Waals surface area contributed by atoms with E-state index in [9.17, 15) is 18.0 Å². The molecule has 0 spiro atoms. The molecular formula is C14H17ClF3NO2. The lowest BCUT2D eigenvalue weighted by Gasteiger charge is -2.13. The molecule has 0 aliphatic heterocycles. The van der Waals surface area contributed by atoms with Crippen LogP contribution in [0.4, 0.5) is 13.2 Å². The minimum absolute atomic E-state index is 0.179. The summed E-state index contributed by atoms with van der Waals surface area (Å²) in [7, 11) is 0. The fraction of sp³-hybridized carbons (Fsp3) is 0.500. The Morgan fingerprint density at radius 3 is 2.33 bits per heavy atom. The molecule has 118 valence electrons. The molecule has 3 nitrogen and oxygen atoms in total. The number of amides is 1. The summed E-state index contributed by atoms with van der Waals surface area (Å²) in [5.41, 5.74) is 0.248. The summed E-state index contributed by atoms with van der Waals surface area (Å²) in [5.74, 6) is -0.333. The quantitative estimate of drug-likeness (QED) is 0.804. The van der Waals surface area contributed by atoms with Crippen LogP contribution >= 0.6 is 11.6 Å². The van der Waals surface area contributed by atoms with Gasteiger partial charge in [-0.05, 0) is 36.6 Å². The summed E-state index contributed by atoms with van der Waals surface area (Å²) in [6.07, 6.45) is -3.98. The second kappa shape index (κ2) is 7.54.